The molecule has 1 N–H and O–H groups in total. The van der Waals surface area contributed by atoms with Crippen LogP contribution in [0.1, 0.15) is 68.7 Å². The highest BCUT2D eigenvalue weighted by Gasteiger charge is 2.52. The SMILES string of the molecule is CCC1O[C@@H](O[Si](C)(C)C(C)(C)C(C)C)C(N=[N+]=[N-])[C@@H](C)[C@@H]1O[C@@H]1OC(C)[C@@H](O)[C@H](C)C1OC(C)=O. The Morgan fingerprint density at radius 1 is 1.14 bits per heavy atom. The van der Waals surface area contributed by atoms with Crippen molar-refractivity contribution in [3.05, 3.63) is 10.4 Å². The van der Waals surface area contributed by atoms with Crippen LogP contribution in [0.5, 0.6) is 0 Å². The zero-order valence-electron chi connectivity index (χ0n) is 23.8. The third-order valence-electron chi connectivity index (χ3n) is 8.75. The van der Waals surface area contributed by atoms with Crippen molar-refractivity contribution < 1.29 is 33.3 Å². The molecule has 0 bridgehead atoms. The number of nitrogens with zero attached hydrogens (tertiary/aromatic N) is 3. The average Bonchev–Trinajstić information content (AvgIpc) is 2.78. The summed E-state index contributed by atoms with van der Waals surface area (Å²) in [5.41, 5.74) is 9.38. The summed E-state index contributed by atoms with van der Waals surface area (Å²) >= 11 is 0. The fourth-order valence-corrected chi connectivity index (χ4v) is 7.43. The Kier molecular flexibility index (Phi) is 10.4. The maximum Gasteiger partial charge on any atom is 0.303 e. The number of carbonyl (C=O) groups is 1. The Labute approximate surface area is 217 Å². The number of aliphatic hydroxyl groups excluding tert-OH is 1. The Hall–Kier alpha value is -1.20. The highest BCUT2D eigenvalue weighted by atomic mass is 28.4. The number of rotatable bonds is 9. The van der Waals surface area contributed by atoms with Crippen LogP contribution >= 0.6 is 0 Å². The zero-order valence-corrected chi connectivity index (χ0v) is 24.8. The van der Waals surface area contributed by atoms with E-state index in [9.17, 15) is 15.4 Å². The third-order valence-corrected chi connectivity index (χ3v) is 13.3. The van der Waals surface area contributed by atoms with E-state index in [0.717, 1.165) is 0 Å². The lowest BCUT2D eigenvalue weighted by Gasteiger charge is -2.51. The molecule has 0 amide bonds. The van der Waals surface area contributed by atoms with Crippen molar-refractivity contribution in [3.8, 4) is 0 Å². The minimum absolute atomic E-state index is 0.0458. The molecule has 2 fully saturated rings. The van der Waals surface area contributed by atoms with Gasteiger partial charge in [-0.1, -0.05) is 53.6 Å². The normalized spacial score (nSPS) is 37.9. The lowest BCUT2D eigenvalue weighted by molar-refractivity contribution is -0.325. The predicted octanol–water partition coefficient (Wildman–Crippen LogP) is 5.15. The van der Waals surface area contributed by atoms with Gasteiger partial charge in [-0.2, -0.15) is 0 Å². The third kappa shape index (κ3) is 6.43. The minimum atomic E-state index is -2.30. The molecule has 0 saturated carbocycles. The van der Waals surface area contributed by atoms with Crippen molar-refractivity contribution >= 4 is 14.3 Å². The molecule has 0 aromatic carbocycles. The molecule has 0 aromatic rings. The molecule has 208 valence electrons. The fraction of sp³-hybridized carbons (Fsp3) is 0.960. The molecule has 0 radical (unpaired) electrons. The number of ether oxygens (including phenoxy) is 4. The summed E-state index contributed by atoms with van der Waals surface area (Å²) in [4.78, 5) is 14.9. The van der Waals surface area contributed by atoms with Gasteiger partial charge in [0.1, 0.15) is 0 Å². The van der Waals surface area contributed by atoms with Gasteiger partial charge in [0, 0.05) is 17.8 Å². The van der Waals surface area contributed by atoms with Crippen molar-refractivity contribution in [1.82, 2.24) is 0 Å². The number of aliphatic hydroxyl groups is 1. The van der Waals surface area contributed by atoms with E-state index in [4.69, 9.17) is 23.4 Å². The Morgan fingerprint density at radius 2 is 1.75 bits per heavy atom. The average molecular weight is 530 g/mol. The van der Waals surface area contributed by atoms with E-state index in [1.54, 1.807) is 6.92 Å². The number of hydrogen-bond donors (Lipinski definition) is 1. The zero-order chi connectivity index (χ0) is 27.6. The van der Waals surface area contributed by atoms with Gasteiger partial charge in [0.25, 0.3) is 0 Å². The molecule has 0 spiro atoms. The highest BCUT2D eigenvalue weighted by molar-refractivity contribution is 6.74. The van der Waals surface area contributed by atoms with E-state index < -0.39 is 63.2 Å². The summed E-state index contributed by atoms with van der Waals surface area (Å²) in [6.07, 6.45) is -3.94. The first-order valence-corrected chi connectivity index (χ1v) is 16.0. The quantitative estimate of drug-likeness (QED) is 0.143. The first-order chi connectivity index (χ1) is 16.6. The second kappa shape index (κ2) is 12.1. The van der Waals surface area contributed by atoms with Gasteiger partial charge in [-0.3, -0.25) is 4.79 Å². The first kappa shape index (κ1) is 31.0. The van der Waals surface area contributed by atoms with Gasteiger partial charge in [0.15, 0.2) is 27.0 Å². The molecule has 2 saturated heterocycles. The summed E-state index contributed by atoms with van der Waals surface area (Å²) in [6.45, 7) is 22.0. The molecule has 2 aliphatic heterocycles. The molecule has 10 nitrogen and oxygen atoms in total. The second-order valence-corrected chi connectivity index (χ2v) is 16.3. The first-order valence-electron chi connectivity index (χ1n) is 13.1. The van der Waals surface area contributed by atoms with Gasteiger partial charge < -0.3 is 28.5 Å². The van der Waals surface area contributed by atoms with E-state index >= 15 is 0 Å². The fourth-order valence-electron chi connectivity index (χ4n) is 4.96. The van der Waals surface area contributed by atoms with Crippen LogP contribution in [0.25, 0.3) is 10.4 Å². The van der Waals surface area contributed by atoms with Gasteiger partial charge in [0.05, 0.1) is 30.5 Å². The molecule has 11 heteroatoms. The number of hydrogen-bond acceptors (Lipinski definition) is 8. The van der Waals surface area contributed by atoms with Gasteiger partial charge in [-0.05, 0) is 48.8 Å². The van der Waals surface area contributed by atoms with Gasteiger partial charge in [-0.25, -0.2) is 0 Å². The summed E-state index contributed by atoms with van der Waals surface area (Å²) in [5.74, 6) is -0.740. The van der Waals surface area contributed by atoms with E-state index in [1.807, 2.05) is 20.8 Å². The predicted molar refractivity (Wildman–Crippen MR) is 138 cm³/mol. The summed E-state index contributed by atoms with van der Waals surface area (Å²) in [6, 6.07) is -0.617. The van der Waals surface area contributed by atoms with E-state index in [2.05, 4.69) is 50.8 Å². The van der Waals surface area contributed by atoms with Gasteiger partial charge >= 0.3 is 5.97 Å². The maximum absolute atomic E-state index is 11.8. The van der Waals surface area contributed by atoms with Crippen LogP contribution in [0, 0.1) is 17.8 Å². The standard InChI is InChI=1S/C25H47N3O7Si/c1-12-18-21(34-24-22(32-17(7)29)15(5)20(30)16(6)31-24)14(4)19(27-28-26)23(33-18)35-36(10,11)25(8,9)13(2)3/h13-16,18-24,30H,12H2,1-11H3/t14-,15+,16?,18?,19?,20+,21+,22?,23+,24+/m1/s1. The monoisotopic (exact) mass is 529 g/mol. The van der Waals surface area contributed by atoms with Crippen LogP contribution < -0.4 is 0 Å². The topological polar surface area (TPSA) is 132 Å². The highest BCUT2D eigenvalue weighted by Crippen LogP contribution is 2.47. The maximum atomic E-state index is 11.8. The van der Waals surface area contributed by atoms with Crippen LogP contribution in [-0.4, -0.2) is 68.5 Å². The van der Waals surface area contributed by atoms with E-state index in [1.165, 1.54) is 6.92 Å². The molecule has 2 rings (SSSR count). The van der Waals surface area contributed by atoms with Crippen molar-refractivity contribution in [3.63, 3.8) is 0 Å². The van der Waals surface area contributed by atoms with E-state index in [0.29, 0.717) is 12.3 Å². The summed E-state index contributed by atoms with van der Waals surface area (Å²) in [7, 11) is -2.30. The molecule has 0 aromatic heterocycles. The van der Waals surface area contributed by atoms with Crippen molar-refractivity contribution in [2.24, 2.45) is 22.9 Å². The van der Waals surface area contributed by atoms with Crippen LogP contribution in [0.3, 0.4) is 0 Å². The Bertz CT molecular complexity index is 805. The molecule has 0 aliphatic carbocycles. The molecule has 4 unspecified atom stereocenters. The molecule has 36 heavy (non-hydrogen) atoms. The van der Waals surface area contributed by atoms with Crippen LogP contribution in [0.4, 0.5) is 0 Å². The number of esters is 1. The molecular weight excluding hydrogens is 482 g/mol. The molecular formula is C25H47N3O7Si. The Morgan fingerprint density at radius 3 is 2.25 bits per heavy atom. The van der Waals surface area contributed by atoms with Crippen LogP contribution in [0.15, 0.2) is 5.11 Å². The van der Waals surface area contributed by atoms with Crippen molar-refractivity contribution in [1.29, 1.82) is 0 Å². The molecule has 2 heterocycles. The van der Waals surface area contributed by atoms with E-state index in [-0.39, 0.29) is 17.1 Å². The largest absolute Gasteiger partial charge is 0.457 e. The summed E-state index contributed by atoms with van der Waals surface area (Å²) < 4.78 is 31.1. The second-order valence-electron chi connectivity index (χ2n) is 11.7. The van der Waals surface area contributed by atoms with Crippen molar-refractivity contribution in [2.45, 2.75) is 136 Å². The van der Waals surface area contributed by atoms with Gasteiger partial charge in [-0.15, -0.1) is 0 Å². The lowest BCUT2D eigenvalue weighted by Crippen LogP contribution is -2.61. The lowest BCUT2D eigenvalue weighted by atomic mass is 9.87. The smallest absolute Gasteiger partial charge is 0.303 e. The summed E-state index contributed by atoms with van der Waals surface area (Å²) in [5, 5.41) is 14.5. The Balaban J connectivity index is 2.35. The number of azide groups is 1. The minimum Gasteiger partial charge on any atom is -0.457 e. The van der Waals surface area contributed by atoms with Crippen molar-refractivity contribution in [2.75, 3.05) is 0 Å². The van der Waals surface area contributed by atoms with Crippen LogP contribution in [-0.2, 0) is 28.2 Å². The van der Waals surface area contributed by atoms with Crippen LogP contribution in [0.2, 0.25) is 18.1 Å². The van der Waals surface area contributed by atoms with Gasteiger partial charge in [0.2, 0.25) is 0 Å². The molecule has 2 aliphatic rings. The molecule has 10 atom stereocenters. The number of carbonyl (C=O) groups excluding carboxylic acids is 1.